The highest BCUT2D eigenvalue weighted by molar-refractivity contribution is 8.26. The summed E-state index contributed by atoms with van der Waals surface area (Å²) >= 11 is 6.62. The third-order valence-electron chi connectivity index (χ3n) is 6.66. The van der Waals surface area contributed by atoms with Crippen molar-refractivity contribution < 1.29 is 27.6 Å². The third kappa shape index (κ3) is 4.89. The van der Waals surface area contributed by atoms with Gasteiger partial charge in [0.2, 0.25) is 5.91 Å². The van der Waals surface area contributed by atoms with Crippen LogP contribution in [0.4, 0.5) is 24.5 Å². The van der Waals surface area contributed by atoms with E-state index in [1.807, 2.05) is 0 Å². The zero-order valence-corrected chi connectivity index (χ0v) is 21.1. The first-order chi connectivity index (χ1) is 17.6. The summed E-state index contributed by atoms with van der Waals surface area (Å²) in [6, 6.07) is 11.1. The van der Waals surface area contributed by atoms with Crippen molar-refractivity contribution in [2.75, 3.05) is 16.8 Å². The molecule has 3 amide bonds. The Morgan fingerprint density at radius 1 is 1.03 bits per heavy atom. The molecule has 1 saturated carbocycles. The minimum absolute atomic E-state index is 0.0143. The van der Waals surface area contributed by atoms with E-state index in [9.17, 15) is 27.6 Å². The summed E-state index contributed by atoms with van der Waals surface area (Å²) in [5, 5.41) is 2.43. The summed E-state index contributed by atoms with van der Waals surface area (Å²) in [5.74, 6) is -1.49. The number of nitrogens with zero attached hydrogens (tertiary/aromatic N) is 2. The third-order valence-corrected chi connectivity index (χ3v) is 8.07. The van der Waals surface area contributed by atoms with E-state index >= 15 is 0 Å². The molecule has 2 aromatic rings. The quantitative estimate of drug-likeness (QED) is 0.401. The highest BCUT2D eigenvalue weighted by atomic mass is 32.2. The van der Waals surface area contributed by atoms with E-state index in [0.717, 1.165) is 56.0 Å². The number of anilines is 2. The van der Waals surface area contributed by atoms with Crippen LogP contribution in [-0.4, -0.2) is 39.5 Å². The van der Waals surface area contributed by atoms with Gasteiger partial charge in [0, 0.05) is 17.3 Å². The summed E-state index contributed by atoms with van der Waals surface area (Å²) in [6.07, 6.45) is 0.330. The van der Waals surface area contributed by atoms with Crippen LogP contribution in [-0.2, 0) is 20.6 Å². The lowest BCUT2D eigenvalue weighted by Gasteiger charge is -2.29. The number of thioether (sulfide) groups is 1. The molecule has 3 aliphatic rings. The molecule has 11 heteroatoms. The van der Waals surface area contributed by atoms with Crippen LogP contribution in [0, 0.1) is 0 Å². The van der Waals surface area contributed by atoms with Crippen LogP contribution in [0.1, 0.15) is 43.2 Å². The molecule has 1 N–H and O–H groups in total. The highest BCUT2D eigenvalue weighted by Crippen LogP contribution is 2.45. The number of carbonyl (C=O) groups is 3. The monoisotopic (exact) mass is 545 g/mol. The molecule has 1 aliphatic carbocycles. The first-order valence-corrected chi connectivity index (χ1v) is 13.1. The van der Waals surface area contributed by atoms with Gasteiger partial charge in [-0.1, -0.05) is 67.5 Å². The second kappa shape index (κ2) is 9.94. The van der Waals surface area contributed by atoms with E-state index in [4.69, 9.17) is 12.2 Å². The van der Waals surface area contributed by atoms with E-state index in [0.29, 0.717) is 15.6 Å². The Balaban J connectivity index is 1.41. The fourth-order valence-electron chi connectivity index (χ4n) is 4.96. The largest absolute Gasteiger partial charge is 0.416 e. The molecule has 5 rings (SSSR count). The SMILES string of the molecule is O=C(CN1C(=O)/C(=C2\SC(=S)N(C3CCCCC3)C2=O)c2ccccc21)Nc1cccc(C(F)(F)F)c1. The van der Waals surface area contributed by atoms with E-state index in [1.165, 1.54) is 17.0 Å². The standard InChI is InChI=1S/C26H22F3N3O3S2/c27-26(28,29)15-7-6-8-16(13-15)30-20(33)14-31-19-12-5-4-11-18(19)21(23(31)34)22-24(35)32(25(36)37-22)17-9-2-1-3-10-17/h4-8,11-13,17H,1-3,9-10,14H2,(H,30,33)/b22-21-. The Kier molecular flexibility index (Phi) is 6.84. The maximum absolute atomic E-state index is 13.6. The van der Waals surface area contributed by atoms with E-state index in [1.54, 1.807) is 29.2 Å². The number of alkyl halides is 3. The number of nitrogens with one attached hydrogen (secondary N) is 1. The number of hydrogen-bond donors (Lipinski definition) is 1. The van der Waals surface area contributed by atoms with E-state index < -0.39 is 30.1 Å². The van der Waals surface area contributed by atoms with Crippen molar-refractivity contribution in [1.29, 1.82) is 0 Å². The topological polar surface area (TPSA) is 69.7 Å². The molecule has 0 spiro atoms. The predicted octanol–water partition coefficient (Wildman–Crippen LogP) is 5.59. The van der Waals surface area contributed by atoms with Gasteiger partial charge >= 0.3 is 6.18 Å². The molecule has 2 aromatic carbocycles. The van der Waals surface area contributed by atoms with Crippen LogP contribution in [0.5, 0.6) is 0 Å². The average Bonchev–Trinajstić information content (AvgIpc) is 3.31. The summed E-state index contributed by atoms with van der Waals surface area (Å²) in [6.45, 7) is -0.432. The van der Waals surface area contributed by atoms with Gasteiger partial charge in [0.15, 0.2) is 0 Å². The molecular formula is C26H22F3N3O3S2. The number of para-hydroxylation sites is 1. The number of benzene rings is 2. The van der Waals surface area contributed by atoms with Gasteiger partial charge in [-0.2, -0.15) is 13.2 Å². The van der Waals surface area contributed by atoms with Crippen LogP contribution in [0.3, 0.4) is 0 Å². The second-order valence-electron chi connectivity index (χ2n) is 9.07. The van der Waals surface area contributed by atoms with Crippen LogP contribution in [0.15, 0.2) is 53.4 Å². The number of hydrogen-bond acceptors (Lipinski definition) is 5. The lowest BCUT2D eigenvalue weighted by Crippen LogP contribution is -2.40. The molecule has 0 atom stereocenters. The van der Waals surface area contributed by atoms with Gasteiger partial charge in [-0.05, 0) is 37.1 Å². The Morgan fingerprint density at radius 3 is 2.49 bits per heavy atom. The Hall–Kier alpha value is -3.18. The van der Waals surface area contributed by atoms with Crippen LogP contribution in [0.2, 0.25) is 0 Å². The van der Waals surface area contributed by atoms with Gasteiger partial charge in [-0.25, -0.2) is 0 Å². The fourth-order valence-corrected chi connectivity index (χ4v) is 6.43. The normalized spacial score (nSPS) is 20.6. The molecule has 37 heavy (non-hydrogen) atoms. The Morgan fingerprint density at radius 2 is 1.76 bits per heavy atom. The number of amides is 3. The maximum Gasteiger partial charge on any atom is 0.416 e. The summed E-state index contributed by atoms with van der Waals surface area (Å²) < 4.78 is 39.5. The lowest BCUT2D eigenvalue weighted by atomic mass is 9.94. The van der Waals surface area contributed by atoms with Crippen LogP contribution >= 0.6 is 24.0 Å². The minimum atomic E-state index is -4.55. The molecule has 0 radical (unpaired) electrons. The first kappa shape index (κ1) is 25.5. The van der Waals surface area contributed by atoms with Gasteiger partial charge in [-0.3, -0.25) is 24.2 Å². The fraction of sp³-hybridized carbons (Fsp3) is 0.308. The Labute approximate surface area is 220 Å². The van der Waals surface area contributed by atoms with Crippen molar-refractivity contribution in [3.05, 3.63) is 64.6 Å². The first-order valence-electron chi connectivity index (χ1n) is 11.8. The van der Waals surface area contributed by atoms with Crippen molar-refractivity contribution in [1.82, 2.24) is 4.90 Å². The number of fused-ring (bicyclic) bond motifs is 1. The van der Waals surface area contributed by atoms with Crippen molar-refractivity contribution in [3.63, 3.8) is 0 Å². The van der Waals surface area contributed by atoms with Crippen molar-refractivity contribution in [3.8, 4) is 0 Å². The molecule has 0 bridgehead atoms. The number of halogens is 3. The number of rotatable bonds is 4. The molecule has 192 valence electrons. The van der Waals surface area contributed by atoms with Gasteiger partial charge in [-0.15, -0.1) is 0 Å². The van der Waals surface area contributed by atoms with Gasteiger partial charge in [0.05, 0.1) is 21.7 Å². The summed E-state index contributed by atoms with van der Waals surface area (Å²) in [7, 11) is 0. The summed E-state index contributed by atoms with van der Waals surface area (Å²) in [5.41, 5.74) is 0.231. The van der Waals surface area contributed by atoms with Gasteiger partial charge < -0.3 is 5.32 Å². The number of thiocarbonyl (C=S) groups is 1. The maximum atomic E-state index is 13.6. The van der Waals surface area contributed by atoms with E-state index in [-0.39, 0.29) is 28.1 Å². The van der Waals surface area contributed by atoms with Crippen molar-refractivity contribution >= 4 is 63.0 Å². The summed E-state index contributed by atoms with van der Waals surface area (Å²) in [4.78, 5) is 42.9. The molecule has 1 saturated heterocycles. The average molecular weight is 546 g/mol. The molecule has 2 fully saturated rings. The molecule has 0 unspecified atom stereocenters. The second-order valence-corrected chi connectivity index (χ2v) is 10.7. The zero-order chi connectivity index (χ0) is 26.3. The van der Waals surface area contributed by atoms with Crippen LogP contribution < -0.4 is 10.2 Å². The van der Waals surface area contributed by atoms with Gasteiger partial charge in [0.1, 0.15) is 10.9 Å². The molecule has 0 aromatic heterocycles. The molecule has 2 aliphatic heterocycles. The van der Waals surface area contributed by atoms with Crippen LogP contribution in [0.25, 0.3) is 5.57 Å². The zero-order valence-electron chi connectivity index (χ0n) is 19.5. The molecule has 6 nitrogen and oxygen atoms in total. The minimum Gasteiger partial charge on any atom is -0.325 e. The predicted molar refractivity (Wildman–Crippen MR) is 140 cm³/mol. The van der Waals surface area contributed by atoms with Crippen molar-refractivity contribution in [2.45, 2.75) is 44.3 Å². The van der Waals surface area contributed by atoms with Gasteiger partial charge in [0.25, 0.3) is 11.8 Å². The van der Waals surface area contributed by atoms with Crippen molar-refractivity contribution in [2.24, 2.45) is 0 Å². The lowest BCUT2D eigenvalue weighted by molar-refractivity contribution is -0.137. The highest BCUT2D eigenvalue weighted by Gasteiger charge is 2.44. The Bertz CT molecular complexity index is 1340. The van der Waals surface area contributed by atoms with E-state index in [2.05, 4.69) is 5.32 Å². The molecular weight excluding hydrogens is 523 g/mol. The smallest absolute Gasteiger partial charge is 0.325 e. The number of carbonyl (C=O) groups excluding carboxylic acids is 3. The molecule has 2 heterocycles.